The summed E-state index contributed by atoms with van der Waals surface area (Å²) >= 11 is 1.46. The minimum atomic E-state index is 0.268. The van der Waals surface area contributed by atoms with Crippen molar-refractivity contribution in [2.45, 2.75) is 42.4 Å². The van der Waals surface area contributed by atoms with Crippen LogP contribution in [0.5, 0.6) is 0 Å². The van der Waals surface area contributed by atoms with Gasteiger partial charge in [0.15, 0.2) is 5.82 Å². The van der Waals surface area contributed by atoms with Gasteiger partial charge >= 0.3 is 0 Å². The quantitative estimate of drug-likeness (QED) is 0.634. The van der Waals surface area contributed by atoms with Crippen molar-refractivity contribution in [1.29, 1.82) is 0 Å². The van der Waals surface area contributed by atoms with Crippen molar-refractivity contribution in [3.63, 3.8) is 0 Å². The third-order valence-electron chi connectivity index (χ3n) is 4.21. The molecule has 0 atom stereocenters. The highest BCUT2D eigenvalue weighted by Crippen LogP contribution is 2.30. The van der Waals surface area contributed by atoms with Crippen LogP contribution in [0.2, 0.25) is 0 Å². The number of nitrogens with zero attached hydrogens (tertiary/aromatic N) is 7. The van der Waals surface area contributed by atoms with E-state index in [0.717, 1.165) is 54.0 Å². The summed E-state index contributed by atoms with van der Waals surface area (Å²) in [5.41, 5.74) is 1.72. The third-order valence-corrected chi connectivity index (χ3v) is 5.08. The molecular formula is C17H19N7OS. The third kappa shape index (κ3) is 3.73. The van der Waals surface area contributed by atoms with E-state index >= 15 is 0 Å². The first kappa shape index (κ1) is 17.0. The number of aromatic nitrogens is 7. The maximum atomic E-state index is 5.43. The molecule has 0 amide bonds. The molecule has 0 bridgehead atoms. The van der Waals surface area contributed by atoms with Crippen LogP contribution in [-0.4, -0.2) is 48.4 Å². The second-order valence-corrected chi connectivity index (χ2v) is 6.93. The lowest BCUT2D eigenvalue weighted by Crippen LogP contribution is -2.21. The van der Waals surface area contributed by atoms with Gasteiger partial charge in [0.1, 0.15) is 10.7 Å². The zero-order chi connectivity index (χ0) is 17.8. The molecule has 1 aliphatic heterocycles. The van der Waals surface area contributed by atoms with Crippen molar-refractivity contribution in [1.82, 2.24) is 35.2 Å². The van der Waals surface area contributed by atoms with E-state index in [9.17, 15) is 0 Å². The summed E-state index contributed by atoms with van der Waals surface area (Å²) in [5.74, 6) is 0.623. The number of tetrazole rings is 1. The first-order chi connectivity index (χ1) is 12.8. The molecule has 4 heterocycles. The van der Waals surface area contributed by atoms with Crippen LogP contribution in [-0.2, 0) is 11.2 Å². The van der Waals surface area contributed by atoms with Crippen molar-refractivity contribution in [3.8, 4) is 11.5 Å². The Morgan fingerprint density at radius 1 is 1.23 bits per heavy atom. The molecule has 1 aliphatic rings. The second-order valence-electron chi connectivity index (χ2n) is 5.94. The first-order valence-corrected chi connectivity index (χ1v) is 9.48. The number of hydrogen-bond donors (Lipinski definition) is 0. The van der Waals surface area contributed by atoms with E-state index in [1.165, 1.54) is 11.8 Å². The molecule has 0 spiro atoms. The molecule has 0 aromatic carbocycles. The van der Waals surface area contributed by atoms with Crippen molar-refractivity contribution >= 4 is 11.8 Å². The molecule has 3 aromatic heterocycles. The average molecular weight is 369 g/mol. The predicted octanol–water partition coefficient (Wildman–Crippen LogP) is 2.59. The Kier molecular flexibility index (Phi) is 5.16. The fourth-order valence-electron chi connectivity index (χ4n) is 2.82. The second kappa shape index (κ2) is 7.88. The average Bonchev–Trinajstić information content (AvgIpc) is 3.17. The predicted molar refractivity (Wildman–Crippen MR) is 95.7 cm³/mol. The van der Waals surface area contributed by atoms with Crippen LogP contribution in [0.15, 0.2) is 40.6 Å². The maximum Gasteiger partial charge on any atom is 0.215 e. The van der Waals surface area contributed by atoms with Crippen LogP contribution in [0.3, 0.4) is 0 Å². The van der Waals surface area contributed by atoms with E-state index in [-0.39, 0.29) is 6.04 Å². The van der Waals surface area contributed by atoms with Gasteiger partial charge in [0.05, 0.1) is 6.04 Å². The van der Waals surface area contributed by atoms with Crippen molar-refractivity contribution in [2.75, 3.05) is 13.2 Å². The van der Waals surface area contributed by atoms with Crippen LogP contribution < -0.4 is 0 Å². The SMILES string of the molecule is CCc1cc(Sc2nnnn2C2CCOCC2)nc(-c2ccccn2)n1. The number of hydrogen-bond acceptors (Lipinski definition) is 8. The Balaban J connectivity index is 1.63. The Morgan fingerprint density at radius 2 is 2.12 bits per heavy atom. The molecule has 0 N–H and O–H groups in total. The summed E-state index contributed by atoms with van der Waals surface area (Å²) < 4.78 is 7.32. The summed E-state index contributed by atoms with van der Waals surface area (Å²) in [7, 11) is 0. The van der Waals surface area contributed by atoms with Crippen LogP contribution in [0.4, 0.5) is 0 Å². The number of pyridine rings is 1. The van der Waals surface area contributed by atoms with Crippen LogP contribution in [0.25, 0.3) is 11.5 Å². The van der Waals surface area contributed by atoms with Gasteiger partial charge in [-0.15, -0.1) is 5.10 Å². The van der Waals surface area contributed by atoms with E-state index < -0.39 is 0 Å². The van der Waals surface area contributed by atoms with Gasteiger partial charge in [0.25, 0.3) is 0 Å². The minimum absolute atomic E-state index is 0.268. The van der Waals surface area contributed by atoms with Gasteiger partial charge in [0.2, 0.25) is 5.16 Å². The molecule has 0 unspecified atom stereocenters. The number of rotatable bonds is 5. The summed E-state index contributed by atoms with van der Waals surface area (Å²) in [5, 5.41) is 13.8. The topological polar surface area (TPSA) is 91.5 Å². The van der Waals surface area contributed by atoms with Gasteiger partial charge in [-0.25, -0.2) is 14.6 Å². The molecule has 134 valence electrons. The smallest absolute Gasteiger partial charge is 0.215 e. The Morgan fingerprint density at radius 3 is 2.88 bits per heavy atom. The standard InChI is InChI=1S/C17H19N7OS/c1-2-12-11-15(20-16(19-12)14-5-3-4-8-18-14)26-17-21-22-23-24(17)13-6-9-25-10-7-13/h3-5,8,11,13H,2,6-7,9-10H2,1H3. The van der Waals surface area contributed by atoms with Gasteiger partial charge in [-0.3, -0.25) is 4.98 Å². The normalized spacial score (nSPS) is 15.3. The fourth-order valence-corrected chi connectivity index (χ4v) is 3.69. The molecule has 0 radical (unpaired) electrons. The van der Waals surface area contributed by atoms with Crippen molar-refractivity contribution < 1.29 is 4.74 Å². The molecule has 8 nitrogen and oxygen atoms in total. The highest BCUT2D eigenvalue weighted by Gasteiger charge is 2.21. The van der Waals surface area contributed by atoms with Crippen molar-refractivity contribution in [2.24, 2.45) is 0 Å². The van der Waals surface area contributed by atoms with Crippen LogP contribution in [0, 0.1) is 0 Å². The van der Waals surface area contributed by atoms with Crippen LogP contribution in [0.1, 0.15) is 31.5 Å². The lowest BCUT2D eigenvalue weighted by atomic mass is 10.1. The molecule has 4 rings (SSSR count). The molecule has 1 fully saturated rings. The van der Waals surface area contributed by atoms with Gasteiger partial charge < -0.3 is 4.74 Å². The van der Waals surface area contributed by atoms with Gasteiger partial charge in [-0.1, -0.05) is 13.0 Å². The van der Waals surface area contributed by atoms with Crippen molar-refractivity contribution in [3.05, 3.63) is 36.2 Å². The monoisotopic (exact) mass is 369 g/mol. The van der Waals surface area contributed by atoms with Gasteiger partial charge in [0, 0.05) is 25.1 Å². The lowest BCUT2D eigenvalue weighted by molar-refractivity contribution is 0.0631. The lowest BCUT2D eigenvalue weighted by Gasteiger charge is -2.22. The van der Waals surface area contributed by atoms with Gasteiger partial charge in [-0.05, 0) is 59.7 Å². The van der Waals surface area contributed by atoms with E-state index in [2.05, 4.69) is 37.4 Å². The van der Waals surface area contributed by atoms with Gasteiger partial charge in [-0.2, -0.15) is 0 Å². The molecule has 1 saturated heterocycles. The number of aryl methyl sites for hydroxylation is 1. The summed E-state index contributed by atoms with van der Waals surface area (Å²) in [6, 6.07) is 7.98. The Hall–Kier alpha value is -2.39. The molecule has 26 heavy (non-hydrogen) atoms. The summed E-state index contributed by atoms with van der Waals surface area (Å²) in [6.07, 6.45) is 4.40. The Bertz CT molecular complexity index is 865. The summed E-state index contributed by atoms with van der Waals surface area (Å²) in [4.78, 5) is 13.6. The summed E-state index contributed by atoms with van der Waals surface area (Å²) in [6.45, 7) is 3.56. The molecule has 3 aromatic rings. The zero-order valence-corrected chi connectivity index (χ0v) is 15.3. The zero-order valence-electron chi connectivity index (χ0n) is 14.4. The van der Waals surface area contributed by atoms with Crippen LogP contribution >= 0.6 is 11.8 Å². The molecular weight excluding hydrogens is 350 g/mol. The first-order valence-electron chi connectivity index (χ1n) is 8.66. The maximum absolute atomic E-state index is 5.43. The Labute approximate surface area is 155 Å². The van der Waals surface area contributed by atoms with E-state index in [1.54, 1.807) is 6.20 Å². The van der Waals surface area contributed by atoms with E-state index in [4.69, 9.17) is 4.74 Å². The molecule has 0 saturated carbocycles. The highest BCUT2D eigenvalue weighted by atomic mass is 32.2. The highest BCUT2D eigenvalue weighted by molar-refractivity contribution is 7.99. The van der Waals surface area contributed by atoms with E-state index in [1.807, 2.05) is 28.9 Å². The minimum Gasteiger partial charge on any atom is -0.381 e. The fraction of sp³-hybridized carbons (Fsp3) is 0.412. The van der Waals surface area contributed by atoms with E-state index in [0.29, 0.717) is 5.82 Å². The molecule has 0 aliphatic carbocycles. The number of ether oxygens (including phenoxy) is 1. The largest absolute Gasteiger partial charge is 0.381 e. The molecule has 9 heteroatoms.